The Bertz CT molecular complexity index is 4380. The number of halogens is 6. The average molecular weight is 1800 g/mol. The number of H-pyrrole nitrogens is 3. The Labute approximate surface area is 728 Å². The van der Waals surface area contributed by atoms with E-state index in [0.29, 0.717) is 110 Å². The first-order chi connectivity index (χ1) is 58.3. The van der Waals surface area contributed by atoms with Gasteiger partial charge in [-0.2, -0.15) is 31.6 Å². The average Bonchev–Trinajstić information content (AvgIpc) is 1.69. The number of hydrogen-bond donors (Lipinski definition) is 7. The summed E-state index contributed by atoms with van der Waals surface area (Å²) < 4.78 is 134. The Morgan fingerprint density at radius 3 is 1.11 bits per heavy atom. The summed E-state index contributed by atoms with van der Waals surface area (Å²) in [7, 11) is 0.365. The number of Topliss-reactive ketones (excluding diaryl/α,β-unsaturated/α-hetero) is 2. The Kier molecular flexibility index (Phi) is 46.0. The summed E-state index contributed by atoms with van der Waals surface area (Å²) in [5.74, 6) is -4.64. The largest absolute Gasteiger partial charge is 0.449 e. The monoisotopic (exact) mass is 1800 g/mol. The maximum atomic E-state index is 12.8. The van der Waals surface area contributed by atoms with Crippen molar-refractivity contribution in [3.63, 3.8) is 0 Å². The Hall–Kier alpha value is -7.93. The van der Waals surface area contributed by atoms with E-state index in [1.54, 1.807) is 0 Å². The van der Waals surface area contributed by atoms with E-state index in [-0.39, 0.29) is 91.1 Å². The lowest BCUT2D eigenvalue weighted by molar-refractivity contribution is -0.171. The van der Waals surface area contributed by atoms with Crippen LogP contribution in [0.3, 0.4) is 0 Å². The van der Waals surface area contributed by atoms with E-state index < -0.39 is 144 Å². The molecule has 4 unspecified atom stereocenters. The lowest BCUT2D eigenvalue weighted by Gasteiger charge is -2.38. The predicted octanol–water partition coefficient (Wildman–Crippen LogP) is 11.7. The summed E-state index contributed by atoms with van der Waals surface area (Å²) >= 11 is 0. The van der Waals surface area contributed by atoms with E-state index in [1.807, 2.05) is 83.1 Å². The third kappa shape index (κ3) is 41.8. The van der Waals surface area contributed by atoms with Crippen LogP contribution in [0.1, 0.15) is 275 Å². The number of aromatic amines is 3. The molecule has 6 heterocycles. The minimum Gasteiger partial charge on any atom is -0.382 e. The summed E-state index contributed by atoms with van der Waals surface area (Å²) in [6, 6.07) is 2.54. The second-order valence-corrected chi connectivity index (χ2v) is 37.2. The van der Waals surface area contributed by atoms with E-state index >= 15 is 0 Å². The van der Waals surface area contributed by atoms with Crippen LogP contribution in [0.25, 0.3) is 18.2 Å². The van der Waals surface area contributed by atoms with Crippen molar-refractivity contribution in [3.05, 3.63) is 116 Å². The molecule has 3 saturated heterocycles. The van der Waals surface area contributed by atoms with Gasteiger partial charge in [0.1, 0.15) is 45.3 Å². The van der Waals surface area contributed by atoms with Gasteiger partial charge in [-0.3, -0.25) is 71.7 Å². The first kappa shape index (κ1) is 109. The molecule has 39 heteroatoms. The Morgan fingerprint density at radius 1 is 0.504 bits per heavy atom. The van der Waals surface area contributed by atoms with E-state index in [1.165, 1.54) is 75.9 Å². The molecule has 0 radical (unpaired) electrons. The number of rotatable bonds is 46. The summed E-state index contributed by atoms with van der Waals surface area (Å²) in [4.78, 5) is 141. The van der Waals surface area contributed by atoms with Gasteiger partial charge in [0.25, 0.3) is 16.7 Å². The second kappa shape index (κ2) is 52.5. The molecule has 0 aliphatic carbocycles. The van der Waals surface area contributed by atoms with Gasteiger partial charge in [0.2, 0.25) is 29.3 Å². The SMILES string of the molecule is CC(C)(C)OC[C@H]1O[C@@H](n2cc(/C=C/C(=O)NCCCCCCCC(=O)C(F)(F)F)c(=O)[nH]c2=O)CC1OC(C)(C)C.CC(C)(C)OC[C@H]1O[C@@H](n2cc(/C=C/C(=O)NCCCCCCN)c(=O)[nH]c2=O)CC1OC(C)(C)C.COC[C@H]1O[C@@H](n2cc(/C=C/C(=O)NCCCCCCCC(=O)C(F)(F)F)c(=O)[nH]c2=O)CC1OP(CCC#N)N(C(C)C)C(C)C. The number of hydrogen-bond acceptors (Lipinski definition) is 23. The first-order valence-electron chi connectivity index (χ1n) is 42.9. The molecule has 706 valence electrons. The number of methoxy groups -OCH3 is 1. The van der Waals surface area contributed by atoms with Crippen molar-refractivity contribution < 1.29 is 92.7 Å². The smallest absolute Gasteiger partial charge is 0.382 e. The number of nitrogens with one attached hydrogen (secondary N) is 6. The molecule has 32 nitrogen and oxygen atoms in total. The molecule has 3 aromatic heterocycles. The number of ketones is 2. The van der Waals surface area contributed by atoms with Crippen LogP contribution in [0.15, 0.2) is 65.6 Å². The normalized spacial score (nSPS) is 19.9. The zero-order chi connectivity index (χ0) is 93.8. The molecule has 3 fully saturated rings. The highest BCUT2D eigenvalue weighted by molar-refractivity contribution is 7.50. The molecular formula is C86H135F6N12O20P. The summed E-state index contributed by atoms with van der Waals surface area (Å²) in [6.07, 6.45) is 7.46. The third-order valence-corrected chi connectivity index (χ3v) is 21.8. The fourth-order valence-corrected chi connectivity index (χ4v) is 15.7. The van der Waals surface area contributed by atoms with E-state index in [4.69, 9.17) is 48.2 Å². The van der Waals surface area contributed by atoms with Crippen LogP contribution in [-0.2, 0) is 66.4 Å². The molecule has 0 saturated carbocycles. The molecule has 0 aromatic carbocycles. The molecule has 3 aliphatic rings. The molecule has 3 aliphatic heterocycles. The van der Waals surface area contributed by atoms with Crippen molar-refractivity contribution in [2.75, 3.05) is 59.3 Å². The van der Waals surface area contributed by atoms with Gasteiger partial charge in [0.05, 0.1) is 83.3 Å². The van der Waals surface area contributed by atoms with E-state index in [2.05, 4.69) is 69.3 Å². The number of nitrogens with two attached hydrogens (primary N) is 1. The van der Waals surface area contributed by atoms with Gasteiger partial charge in [-0.05, 0) is 174 Å². The van der Waals surface area contributed by atoms with Gasteiger partial charge in [-0.25, -0.2) is 14.4 Å². The second-order valence-electron chi connectivity index (χ2n) is 35.3. The fourth-order valence-electron chi connectivity index (χ4n) is 13.4. The van der Waals surface area contributed by atoms with Gasteiger partial charge in [0.15, 0.2) is 0 Å². The van der Waals surface area contributed by atoms with E-state index in [0.717, 1.165) is 25.7 Å². The van der Waals surface area contributed by atoms with Crippen LogP contribution in [-0.4, -0.2) is 205 Å². The quantitative estimate of drug-likeness (QED) is 0.0120. The Balaban J connectivity index is 0.000000397. The summed E-state index contributed by atoms with van der Waals surface area (Å²) in [5.41, 5.74) is 0.349. The highest BCUT2D eigenvalue weighted by atomic mass is 31.2. The lowest BCUT2D eigenvalue weighted by atomic mass is 10.1. The first-order valence-corrected chi connectivity index (χ1v) is 44.3. The molecule has 3 amide bonds. The molecule has 6 rings (SSSR count). The number of unbranched alkanes of at least 4 members (excludes halogenated alkanes) is 11. The summed E-state index contributed by atoms with van der Waals surface area (Å²) in [6.45, 7) is 34.2. The standard InChI is InChI=1S/C31H47F3N5O7P.C29H44F3N3O7.C26H44N4O6/c1-21(2)39(22(3)4)47(17-11-15-35)46-24-18-28(45-25(24)20-44-5)38-19-23(29(42)37-30(38)43)13-14-27(41)36-16-10-8-6-7-9-12-26(40)31(32,33)34;1-27(2,3)40-18-21-20(42-28(4,5)6)16-24(41-21)35-17-19(25(38)34-26(35)39)13-14-23(37)33-15-11-9-7-8-10-12-22(36)29(30,31)32;1-25(2,3)34-17-20-19(36-26(4,5)6)15-22(35-20)30-16-18(23(32)29-24(30)33)11-12-21(31)28-14-10-8-7-9-13-27/h13-14,19,21-22,24-25,28H,6-12,16-18,20H2,1-5H3,(H,36,41)(H,37,42,43);13-14,17,20-21,24H,7-12,15-16,18H2,1-6H3,(H,33,37)(H,34,38,39);11-12,16,19-20,22H,7-10,13-15,17,27H2,1-6H3,(H,28,31)(H,29,32,33)/b2*14-13+;12-11+/t24?,25-,28-,47?;20?,21-,24-;19?,20-,22-/m111/s1. The number of carbonyl (C=O) groups is 5. The number of carbonyl (C=O) groups excluding carboxylic acids is 5. The van der Waals surface area contributed by atoms with Crippen molar-refractivity contribution in [1.29, 1.82) is 5.26 Å². The maximum Gasteiger partial charge on any atom is 0.449 e. The molecule has 0 spiro atoms. The number of nitrogens with zero attached hydrogens (tertiary/aromatic N) is 5. The number of alkyl halides is 6. The third-order valence-electron chi connectivity index (χ3n) is 19.2. The zero-order valence-electron chi connectivity index (χ0n) is 75.5. The van der Waals surface area contributed by atoms with Gasteiger partial charge in [-0.15, -0.1) is 0 Å². The van der Waals surface area contributed by atoms with Crippen molar-refractivity contribution in [2.24, 2.45) is 5.73 Å². The number of aromatic nitrogens is 6. The van der Waals surface area contributed by atoms with Crippen LogP contribution >= 0.6 is 8.30 Å². The van der Waals surface area contributed by atoms with Gasteiger partial charge < -0.3 is 64.1 Å². The van der Waals surface area contributed by atoms with Crippen molar-refractivity contribution in [2.45, 2.75) is 341 Å². The van der Waals surface area contributed by atoms with Crippen LogP contribution in [0, 0.1) is 11.3 Å². The minimum atomic E-state index is -4.79. The molecule has 10 atom stereocenters. The van der Waals surface area contributed by atoms with Crippen LogP contribution in [0.2, 0.25) is 0 Å². The molecular weight excluding hydrogens is 1670 g/mol. The highest BCUT2D eigenvalue weighted by Gasteiger charge is 2.45. The van der Waals surface area contributed by atoms with Crippen LogP contribution in [0.5, 0.6) is 0 Å². The van der Waals surface area contributed by atoms with Crippen LogP contribution in [0.4, 0.5) is 26.3 Å². The highest BCUT2D eigenvalue weighted by Crippen LogP contribution is 2.49. The van der Waals surface area contributed by atoms with Gasteiger partial charge in [-0.1, -0.05) is 51.4 Å². The van der Waals surface area contributed by atoms with Crippen molar-refractivity contribution >= 4 is 55.8 Å². The van der Waals surface area contributed by atoms with Gasteiger partial charge in [0, 0.05) is 120 Å². The fraction of sp³-hybridized carbons (Fsp3) is 0.721. The van der Waals surface area contributed by atoms with Crippen molar-refractivity contribution in [3.8, 4) is 6.07 Å². The topological polar surface area (TPSA) is 422 Å². The number of amides is 3. The summed E-state index contributed by atoms with van der Waals surface area (Å²) in [5, 5.41) is 17.4. The number of ether oxygens (including phenoxy) is 8. The van der Waals surface area contributed by atoms with Crippen LogP contribution < -0.4 is 55.4 Å². The van der Waals surface area contributed by atoms with Gasteiger partial charge >= 0.3 is 29.4 Å². The van der Waals surface area contributed by atoms with E-state index in [9.17, 15) is 84.3 Å². The maximum absolute atomic E-state index is 12.8. The predicted molar refractivity (Wildman–Crippen MR) is 462 cm³/mol. The molecule has 8 N–H and O–H groups in total. The molecule has 3 aromatic rings. The molecule has 0 bridgehead atoms. The van der Waals surface area contributed by atoms with Crippen molar-refractivity contribution in [1.82, 2.24) is 49.3 Å². The molecule has 125 heavy (non-hydrogen) atoms. The lowest BCUT2D eigenvalue weighted by Crippen LogP contribution is -2.37. The number of nitriles is 1. The zero-order valence-corrected chi connectivity index (χ0v) is 76.4. The minimum absolute atomic E-state index is 0.0616. The Morgan fingerprint density at radius 2 is 0.816 bits per heavy atom.